The second-order valence-corrected chi connectivity index (χ2v) is 22.3. The minimum atomic E-state index is -2.59. The Kier molecular flexibility index (Phi) is 14.3. The van der Waals surface area contributed by atoms with Crippen LogP contribution in [-0.2, 0) is 79.6 Å². The number of carbonyl (C=O) groups is 8. The molecule has 0 N–H and O–H groups in total. The van der Waals surface area contributed by atoms with E-state index in [0.717, 1.165) is 9.40 Å². The van der Waals surface area contributed by atoms with Crippen LogP contribution in [0, 0.1) is 22.7 Å². The summed E-state index contributed by atoms with van der Waals surface area (Å²) in [6, 6.07) is 39.7. The van der Waals surface area contributed by atoms with E-state index in [9.17, 15) is 39.3 Å². The van der Waals surface area contributed by atoms with Crippen molar-refractivity contribution < 1.29 is 57.3 Å². The van der Waals surface area contributed by atoms with Crippen molar-refractivity contribution in [3.8, 4) is 12.1 Å². The highest BCUT2D eigenvalue weighted by Gasteiger charge is 2.61. The second-order valence-electron chi connectivity index (χ2n) is 18.2. The van der Waals surface area contributed by atoms with Crippen molar-refractivity contribution in [2.75, 3.05) is 0 Å². The van der Waals surface area contributed by atoms with E-state index in [-0.39, 0.29) is 69.3 Å². The summed E-state index contributed by atoms with van der Waals surface area (Å²) in [6.45, 7) is 1.45. The lowest BCUT2D eigenvalue weighted by atomic mass is 9.81. The summed E-state index contributed by atoms with van der Waals surface area (Å²) in [5.41, 5.74) is -2.88. The molecule has 0 fully saturated rings. The zero-order valence-corrected chi connectivity index (χ0v) is 45.5. The van der Waals surface area contributed by atoms with Crippen LogP contribution in [-0.4, -0.2) is 69.0 Å². The lowest BCUT2D eigenvalue weighted by molar-refractivity contribution is -0.164. The van der Waals surface area contributed by atoms with Crippen molar-refractivity contribution in [1.29, 1.82) is 10.5 Å². The van der Waals surface area contributed by atoms with Gasteiger partial charge in [-0.1, -0.05) is 121 Å². The molecule has 81 heavy (non-hydrogen) atoms. The van der Waals surface area contributed by atoms with Crippen LogP contribution in [0.15, 0.2) is 165 Å². The number of esters is 2. The third-order valence-electron chi connectivity index (χ3n) is 13.2. The third-order valence-corrected chi connectivity index (χ3v) is 18.5. The number of ether oxygens (including phenoxy) is 4. The van der Waals surface area contributed by atoms with E-state index >= 15 is 9.59 Å². The summed E-state index contributed by atoms with van der Waals surface area (Å²) in [5, 5.41) is 20.6. The third kappa shape index (κ3) is 9.41. The van der Waals surface area contributed by atoms with Gasteiger partial charge in [-0.25, -0.2) is 19.6 Å². The van der Waals surface area contributed by atoms with Crippen molar-refractivity contribution in [2.24, 2.45) is 9.98 Å². The predicted octanol–water partition coefficient (Wildman–Crippen LogP) is 11.1. The molecule has 4 aromatic carbocycles. The van der Waals surface area contributed by atoms with Gasteiger partial charge in [-0.3, -0.25) is 28.8 Å². The van der Waals surface area contributed by atoms with Gasteiger partial charge in [0.1, 0.15) is 66.1 Å². The van der Waals surface area contributed by atoms with Crippen LogP contribution in [0.4, 0.5) is 14.6 Å². The summed E-state index contributed by atoms with van der Waals surface area (Å²) in [7, 11) is 0. The first kappa shape index (κ1) is 53.2. The van der Waals surface area contributed by atoms with Crippen molar-refractivity contribution in [2.45, 2.75) is 45.7 Å². The minimum Gasteiger partial charge on any atom is -0.459 e. The Labute approximate surface area is 474 Å². The van der Waals surface area contributed by atoms with Gasteiger partial charge in [-0.05, 0) is 48.2 Å². The van der Waals surface area contributed by atoms with E-state index in [2.05, 4.69) is 4.99 Å². The van der Waals surface area contributed by atoms with E-state index in [1.54, 1.807) is 140 Å². The molecule has 0 spiro atoms. The quantitative estimate of drug-likeness (QED) is 0.0477. The van der Waals surface area contributed by atoms with Gasteiger partial charge < -0.3 is 18.9 Å². The molecule has 22 heteroatoms. The summed E-state index contributed by atoms with van der Waals surface area (Å²) >= 11 is 4.97. The molecule has 0 saturated heterocycles. The smallest absolute Gasteiger partial charge is 0.424 e. The number of carbonyl (C=O) groups excluding carboxylic acids is 8. The summed E-state index contributed by atoms with van der Waals surface area (Å²) < 4.78 is 26.9. The molecule has 2 aliphatic heterocycles. The van der Waals surface area contributed by atoms with Crippen LogP contribution < -0.4 is 0 Å². The second kappa shape index (κ2) is 21.8. The lowest BCUT2D eigenvalue weighted by Crippen LogP contribution is -2.51. The SMILES string of the molecule is CC1=C(C#N)C(=O)N(C(=O)OCc2ccccc2)C(=O)/C1=N/C1=Cc2sc3c(sc4c5sc(/N=C6/C(=O)N(C(=O)OCc7ccccc7)C(=O)C(C#N)=C6C)cc5sc34)c2C1(C(=O)OCc1ccccc1)C(=O)OCc1ccccc1. The normalized spacial score (nSPS) is 16.1. The Balaban J connectivity index is 1.03. The van der Waals surface area contributed by atoms with Crippen LogP contribution in [0.25, 0.3) is 34.3 Å². The molecule has 6 heterocycles. The first-order valence-corrected chi connectivity index (χ1v) is 27.6. The fourth-order valence-corrected chi connectivity index (χ4v) is 15.0. The molecular formula is C59H36N6O12S4. The molecular weight excluding hydrogens is 1110 g/mol. The van der Waals surface area contributed by atoms with Gasteiger partial charge in [0.2, 0.25) is 5.41 Å². The van der Waals surface area contributed by atoms with Gasteiger partial charge in [0.05, 0.1) is 29.2 Å². The van der Waals surface area contributed by atoms with E-state index in [1.165, 1.54) is 65.3 Å². The highest BCUT2D eigenvalue weighted by Crippen LogP contribution is 2.58. The largest absolute Gasteiger partial charge is 0.459 e. The summed E-state index contributed by atoms with van der Waals surface area (Å²) in [4.78, 5) is 124. The fourth-order valence-electron chi connectivity index (χ4n) is 9.18. The van der Waals surface area contributed by atoms with E-state index in [1.807, 2.05) is 0 Å². The highest BCUT2D eigenvalue weighted by molar-refractivity contribution is 7.45. The van der Waals surface area contributed by atoms with E-state index in [4.69, 9.17) is 23.9 Å². The average Bonchev–Trinajstić information content (AvgIpc) is 4.46. The van der Waals surface area contributed by atoms with Gasteiger partial charge in [-0.2, -0.15) is 20.3 Å². The van der Waals surface area contributed by atoms with Gasteiger partial charge in [-0.15, -0.1) is 45.3 Å². The fraction of sp³-hybridized carbons (Fsp3) is 0.119. The monoisotopic (exact) mass is 1150 g/mol. The van der Waals surface area contributed by atoms with Gasteiger partial charge in [0, 0.05) is 26.3 Å². The van der Waals surface area contributed by atoms with Gasteiger partial charge in [0.15, 0.2) is 0 Å². The molecule has 0 saturated carbocycles. The Morgan fingerprint density at radius 3 is 1.36 bits per heavy atom. The van der Waals surface area contributed by atoms with Crippen molar-refractivity contribution in [1.82, 2.24) is 9.80 Å². The number of hydrogen-bond donors (Lipinski definition) is 0. The summed E-state index contributed by atoms with van der Waals surface area (Å²) in [5.74, 6) is -7.06. The molecule has 4 aromatic heterocycles. The van der Waals surface area contributed by atoms with Gasteiger partial charge in [0.25, 0.3) is 23.6 Å². The molecule has 0 radical (unpaired) electrons. The first-order chi connectivity index (χ1) is 39.2. The molecule has 1 aliphatic carbocycles. The molecule has 18 nitrogen and oxygen atoms in total. The van der Waals surface area contributed by atoms with Crippen LogP contribution in [0.3, 0.4) is 0 Å². The molecule has 8 aromatic rings. The number of thiophene rings is 4. The number of amides is 6. The molecule has 0 atom stereocenters. The Hall–Kier alpha value is -9.84. The van der Waals surface area contributed by atoms with E-state index < -0.39 is 70.0 Å². The average molecular weight is 1150 g/mol. The van der Waals surface area contributed by atoms with Gasteiger partial charge >= 0.3 is 24.1 Å². The Morgan fingerprint density at radius 2 is 0.914 bits per heavy atom. The molecule has 398 valence electrons. The standard InChI is InChI=1S/C59H36N6O12S4/c1-31-37(25-60)51(66)64(57(72)76-29-35-19-11-5-12-20-35)53(68)44(31)62-41-23-39-43(59(41,55(70)74-27-33-15-7-3-8-16-33)56(71)75-28-34-17-9-4-10-18-34)47-49(78-39)50-48(81-47)46-40(79-50)24-42(80-46)63-45-32(2)38(26-61)52(67)65(54(45)69)58(73)77-30-36-21-13-6-14-22-36/h3-24H,27-30H2,1-2H3/b62-44+,63-45+. The van der Waals surface area contributed by atoms with Crippen LogP contribution in [0.2, 0.25) is 0 Å². The van der Waals surface area contributed by atoms with Crippen molar-refractivity contribution >= 4 is 144 Å². The molecule has 0 bridgehead atoms. The Bertz CT molecular complexity index is 4230. The number of hydrogen-bond acceptors (Lipinski definition) is 20. The maximum absolute atomic E-state index is 15.5. The zero-order chi connectivity index (χ0) is 56.7. The zero-order valence-electron chi connectivity index (χ0n) is 42.2. The molecule has 3 aliphatic rings. The number of imide groups is 6. The van der Waals surface area contributed by atoms with Crippen LogP contribution in [0.5, 0.6) is 0 Å². The van der Waals surface area contributed by atoms with Crippen LogP contribution in [0.1, 0.15) is 46.5 Å². The maximum Gasteiger partial charge on any atom is 0.424 e. The molecule has 6 amide bonds. The van der Waals surface area contributed by atoms with Crippen molar-refractivity contribution in [3.63, 3.8) is 0 Å². The lowest BCUT2D eigenvalue weighted by Gasteiger charge is -2.29. The molecule has 11 rings (SSSR count). The molecule has 0 unspecified atom stereocenters. The number of aliphatic imine (C=N–C) groups is 2. The van der Waals surface area contributed by atoms with E-state index in [0.29, 0.717) is 45.9 Å². The number of nitriles is 2. The number of fused-ring (bicyclic) bond motifs is 7. The minimum absolute atomic E-state index is 0.0398. The number of rotatable bonds is 12. The van der Waals surface area contributed by atoms with Crippen molar-refractivity contribution in [3.05, 3.63) is 188 Å². The number of nitrogens with zero attached hydrogens (tertiary/aromatic N) is 6. The maximum atomic E-state index is 15.5. The van der Waals surface area contributed by atoms with Crippen LogP contribution >= 0.6 is 45.3 Å². The number of benzene rings is 4. The highest BCUT2D eigenvalue weighted by atomic mass is 32.1. The predicted molar refractivity (Wildman–Crippen MR) is 301 cm³/mol. The Morgan fingerprint density at radius 1 is 0.506 bits per heavy atom. The summed E-state index contributed by atoms with van der Waals surface area (Å²) in [6.07, 6.45) is -1.23. The topological polar surface area (TPSA) is 252 Å². The first-order valence-electron chi connectivity index (χ1n) is 24.4.